The highest BCUT2D eigenvalue weighted by Crippen LogP contribution is 2.37. The number of nitrogens with zero attached hydrogens (tertiary/aromatic N) is 3. The predicted molar refractivity (Wildman–Crippen MR) is 128 cm³/mol. The Morgan fingerprint density at radius 2 is 1.94 bits per heavy atom. The van der Waals surface area contributed by atoms with Gasteiger partial charge < -0.3 is 19.9 Å². The molecule has 172 valence electrons. The molecule has 0 amide bonds. The molecule has 0 aliphatic carbocycles. The lowest BCUT2D eigenvalue weighted by molar-refractivity contribution is 0.247. The van der Waals surface area contributed by atoms with Crippen molar-refractivity contribution in [2.45, 2.75) is 25.9 Å². The van der Waals surface area contributed by atoms with E-state index in [1.54, 1.807) is 36.7 Å². The lowest BCUT2D eigenvalue weighted by atomic mass is 9.78. The third kappa shape index (κ3) is 4.67. The number of H-pyrrole nitrogens is 1. The van der Waals surface area contributed by atoms with E-state index in [0.717, 1.165) is 44.8 Å². The minimum atomic E-state index is -0.344. The van der Waals surface area contributed by atoms with E-state index in [-0.39, 0.29) is 23.4 Å². The molecule has 0 unspecified atom stereocenters. The highest BCUT2D eigenvalue weighted by molar-refractivity contribution is 6.30. The Bertz CT molecular complexity index is 1240. The molecular formula is C24H26ClN5O3. The van der Waals surface area contributed by atoms with Crippen LogP contribution in [-0.4, -0.2) is 40.7 Å². The maximum absolute atomic E-state index is 12.8. The first-order valence-corrected chi connectivity index (χ1v) is 11.5. The number of anilines is 1. The van der Waals surface area contributed by atoms with Crippen molar-refractivity contribution in [1.29, 1.82) is 0 Å². The fourth-order valence-electron chi connectivity index (χ4n) is 4.67. The van der Waals surface area contributed by atoms with Crippen LogP contribution >= 0.6 is 11.6 Å². The first kappa shape index (κ1) is 21.7. The zero-order valence-electron chi connectivity index (χ0n) is 18.2. The summed E-state index contributed by atoms with van der Waals surface area (Å²) in [4.78, 5) is 34.8. The molecule has 5 rings (SSSR count). The van der Waals surface area contributed by atoms with E-state index in [9.17, 15) is 9.59 Å². The molecule has 0 aromatic carbocycles. The van der Waals surface area contributed by atoms with E-state index in [0.29, 0.717) is 21.9 Å². The summed E-state index contributed by atoms with van der Waals surface area (Å²) in [6.45, 7) is 4.25. The highest BCUT2D eigenvalue weighted by Gasteiger charge is 2.37. The maximum atomic E-state index is 12.8. The van der Waals surface area contributed by atoms with Gasteiger partial charge in [0.1, 0.15) is 23.9 Å². The van der Waals surface area contributed by atoms with Crippen molar-refractivity contribution >= 4 is 17.4 Å². The van der Waals surface area contributed by atoms with Gasteiger partial charge in [0, 0.05) is 38.1 Å². The second-order valence-corrected chi connectivity index (χ2v) is 9.24. The van der Waals surface area contributed by atoms with Gasteiger partial charge >= 0.3 is 0 Å². The van der Waals surface area contributed by atoms with Crippen LogP contribution in [0, 0.1) is 5.41 Å². The second kappa shape index (κ2) is 9.03. The number of nitrogens with one attached hydrogen (secondary N) is 2. The van der Waals surface area contributed by atoms with Crippen molar-refractivity contribution in [3.63, 3.8) is 0 Å². The fraction of sp³-hybridized carbons (Fsp3) is 0.375. The van der Waals surface area contributed by atoms with Crippen LogP contribution in [0.2, 0.25) is 5.02 Å². The van der Waals surface area contributed by atoms with E-state index in [4.69, 9.17) is 16.3 Å². The summed E-state index contributed by atoms with van der Waals surface area (Å²) in [7, 11) is 0. The van der Waals surface area contributed by atoms with Gasteiger partial charge in [-0.25, -0.2) is 0 Å². The van der Waals surface area contributed by atoms with Gasteiger partial charge in [0.05, 0.1) is 10.7 Å². The number of ether oxygens (including phenoxy) is 1. The van der Waals surface area contributed by atoms with Crippen LogP contribution in [0.15, 0.2) is 58.4 Å². The number of pyridine rings is 3. The molecule has 0 atom stereocenters. The first-order valence-electron chi connectivity index (χ1n) is 11.2. The van der Waals surface area contributed by atoms with Crippen molar-refractivity contribution < 1.29 is 4.74 Å². The van der Waals surface area contributed by atoms with Crippen LogP contribution in [0.4, 0.5) is 5.82 Å². The van der Waals surface area contributed by atoms with E-state index in [1.807, 2.05) is 6.07 Å². The average molecular weight is 468 g/mol. The third-order valence-electron chi connectivity index (χ3n) is 6.70. The number of hydrogen-bond acceptors (Lipinski definition) is 6. The summed E-state index contributed by atoms with van der Waals surface area (Å²) in [6, 6.07) is 10.1. The van der Waals surface area contributed by atoms with Crippen LogP contribution in [0.3, 0.4) is 0 Å². The largest absolute Gasteiger partial charge is 0.487 e. The Morgan fingerprint density at radius 1 is 1.09 bits per heavy atom. The Morgan fingerprint density at radius 3 is 2.61 bits per heavy atom. The minimum Gasteiger partial charge on any atom is -0.487 e. The quantitative estimate of drug-likeness (QED) is 0.599. The van der Waals surface area contributed by atoms with Gasteiger partial charge in [-0.2, -0.15) is 0 Å². The highest BCUT2D eigenvalue weighted by atomic mass is 35.5. The van der Waals surface area contributed by atoms with Gasteiger partial charge in [-0.1, -0.05) is 11.6 Å². The zero-order valence-corrected chi connectivity index (χ0v) is 19.0. The molecule has 2 aliphatic heterocycles. The fourth-order valence-corrected chi connectivity index (χ4v) is 4.78. The lowest BCUT2D eigenvalue weighted by Gasteiger charge is -2.39. The molecule has 8 nitrogen and oxygen atoms in total. The number of rotatable bonds is 5. The van der Waals surface area contributed by atoms with E-state index < -0.39 is 0 Å². The van der Waals surface area contributed by atoms with Crippen molar-refractivity contribution in [2.75, 3.05) is 31.1 Å². The number of aromatic amines is 1. The molecule has 9 heteroatoms. The van der Waals surface area contributed by atoms with Gasteiger partial charge in [-0.3, -0.25) is 19.1 Å². The summed E-state index contributed by atoms with van der Waals surface area (Å²) in [5.74, 6) is 1.21. The molecule has 33 heavy (non-hydrogen) atoms. The summed E-state index contributed by atoms with van der Waals surface area (Å²) in [5.41, 5.74) is 0.754. The molecule has 5 heterocycles. The second-order valence-electron chi connectivity index (χ2n) is 8.80. The van der Waals surface area contributed by atoms with E-state index in [1.165, 1.54) is 17.1 Å². The number of piperidine rings is 1. The summed E-state index contributed by atoms with van der Waals surface area (Å²) in [5, 5.41) is 4.02. The van der Waals surface area contributed by atoms with Crippen LogP contribution in [0.1, 0.15) is 25.0 Å². The molecule has 2 fully saturated rings. The van der Waals surface area contributed by atoms with Crippen molar-refractivity contribution in [1.82, 2.24) is 19.9 Å². The van der Waals surface area contributed by atoms with Crippen molar-refractivity contribution in [3.8, 4) is 11.4 Å². The molecule has 3 aromatic heterocycles. The molecule has 0 saturated carbocycles. The van der Waals surface area contributed by atoms with Gasteiger partial charge in [-0.05, 0) is 61.6 Å². The molecule has 2 saturated heterocycles. The van der Waals surface area contributed by atoms with Crippen molar-refractivity contribution in [2.24, 2.45) is 5.41 Å². The minimum absolute atomic E-state index is 0.211. The van der Waals surface area contributed by atoms with Crippen LogP contribution in [0.5, 0.6) is 5.75 Å². The maximum Gasteiger partial charge on any atom is 0.273 e. The zero-order chi connectivity index (χ0) is 22.8. The normalized spacial score (nSPS) is 17.4. The average Bonchev–Trinajstić information content (AvgIpc) is 3.27. The summed E-state index contributed by atoms with van der Waals surface area (Å²) < 4.78 is 6.98. The summed E-state index contributed by atoms with van der Waals surface area (Å²) >= 11 is 5.84. The van der Waals surface area contributed by atoms with Gasteiger partial charge in [0.25, 0.3) is 11.1 Å². The molecule has 3 aromatic rings. The topological polar surface area (TPSA) is 92.2 Å². The lowest BCUT2D eigenvalue weighted by Crippen LogP contribution is -2.42. The smallest absolute Gasteiger partial charge is 0.273 e. The number of hydrogen-bond donors (Lipinski definition) is 2. The van der Waals surface area contributed by atoms with Gasteiger partial charge in [-0.15, -0.1) is 0 Å². The third-order valence-corrected chi connectivity index (χ3v) is 6.92. The Kier molecular flexibility index (Phi) is 5.95. The Hall–Kier alpha value is -3.10. The standard InChI is InChI=1S/C24H26ClN5O3/c25-17-1-2-18(27-14-17)15-33-19-5-10-30(22(31)13-19)20-3-4-21(28-23(20)32)29-11-7-24(8-12-29)6-9-26-16-24/h1-5,10,13-14,26H,6-9,11-12,15-16H2,(H,28,32). The van der Waals surface area contributed by atoms with Crippen LogP contribution in [-0.2, 0) is 6.61 Å². The predicted octanol–water partition coefficient (Wildman–Crippen LogP) is 2.73. The van der Waals surface area contributed by atoms with Crippen LogP contribution < -0.4 is 26.1 Å². The van der Waals surface area contributed by atoms with Gasteiger partial charge in [0.2, 0.25) is 0 Å². The first-order chi connectivity index (χ1) is 16.0. The SMILES string of the molecule is O=c1[nH]c(N2CCC3(CCNC3)CC2)ccc1-n1ccc(OCc2ccc(Cl)cn2)cc1=O. The molecular weight excluding hydrogens is 442 g/mol. The van der Waals surface area contributed by atoms with E-state index >= 15 is 0 Å². The monoisotopic (exact) mass is 467 g/mol. The molecule has 2 N–H and O–H groups in total. The van der Waals surface area contributed by atoms with Crippen LogP contribution in [0.25, 0.3) is 5.69 Å². The van der Waals surface area contributed by atoms with Crippen molar-refractivity contribution in [3.05, 3.63) is 80.2 Å². The number of aromatic nitrogens is 3. The number of halogens is 1. The molecule has 2 aliphatic rings. The molecule has 0 radical (unpaired) electrons. The van der Waals surface area contributed by atoms with E-state index in [2.05, 4.69) is 20.2 Å². The van der Waals surface area contributed by atoms with Gasteiger partial charge in [0.15, 0.2) is 0 Å². The Labute approximate surface area is 196 Å². The molecule has 1 spiro atoms. The molecule has 0 bridgehead atoms. The Balaban J connectivity index is 1.27. The summed E-state index contributed by atoms with van der Waals surface area (Å²) in [6.07, 6.45) is 6.57.